The topological polar surface area (TPSA) is 63.3 Å². The van der Waals surface area contributed by atoms with Crippen LogP contribution in [0.1, 0.15) is 53.4 Å². The average molecular weight is 797 g/mol. The summed E-state index contributed by atoms with van der Waals surface area (Å²) in [6, 6.07) is 28.7. The Morgan fingerprint density at radius 1 is 0.889 bits per heavy atom. The number of carbonyl (C=O) groups excluding carboxylic acids is 1. The van der Waals surface area contributed by atoms with Crippen molar-refractivity contribution in [2.24, 2.45) is 11.8 Å². The summed E-state index contributed by atoms with van der Waals surface area (Å²) in [6.45, 7) is 15.2. The van der Waals surface area contributed by atoms with Gasteiger partial charge in [-0.15, -0.1) is 28.8 Å². The fourth-order valence-electron chi connectivity index (χ4n) is 5.62. The molecule has 0 aliphatic heterocycles. The number of para-hydroxylation sites is 1. The Balaban J connectivity index is 0.000000297. The molecule has 3 aromatic carbocycles. The van der Waals surface area contributed by atoms with E-state index < -0.39 is 8.07 Å². The van der Waals surface area contributed by atoms with Gasteiger partial charge in [0.1, 0.15) is 11.3 Å². The standard InChI is InChI=1S/C26H22NOSi.C13H24O2.Ir/c1-29(2,3)26-17-21(14-18-8-4-6-10-22(18)26)23-15-20(12-13-27-23)25-16-19-9-5-7-11-24(19)28-25;1-5-10(6-2)12(14)9-13(15)11(7-3)8-4;/h4-13,15-17H,1-3H3;9-11,14H,5-8H2,1-4H3;/q-1;;/b;12-9-;. The van der Waals surface area contributed by atoms with Crippen LogP contribution >= 0.6 is 0 Å². The number of carbonyl (C=O) groups is 1. The van der Waals surface area contributed by atoms with Crippen molar-refractivity contribution < 1.29 is 34.4 Å². The van der Waals surface area contributed by atoms with Crippen molar-refractivity contribution >= 4 is 40.8 Å². The van der Waals surface area contributed by atoms with E-state index in [-0.39, 0.29) is 43.5 Å². The SMILES string of the molecule is CCC(CC)C(=O)/C=C(\O)C(CC)CC.C[Si](C)(C)c1cc(-c2cc(-c3cc4ccccc4o3)ccn2)[c-]c2ccccc12.[Ir]. The number of rotatable bonds is 10. The van der Waals surface area contributed by atoms with Gasteiger partial charge in [-0.2, -0.15) is 0 Å². The number of fused-ring (bicyclic) bond motifs is 2. The second-order valence-corrected chi connectivity index (χ2v) is 17.5. The van der Waals surface area contributed by atoms with Gasteiger partial charge in [0, 0.05) is 60.9 Å². The summed E-state index contributed by atoms with van der Waals surface area (Å²) in [5, 5.41) is 14.8. The summed E-state index contributed by atoms with van der Waals surface area (Å²) in [4.78, 5) is 16.4. The van der Waals surface area contributed by atoms with E-state index >= 15 is 0 Å². The molecule has 5 aromatic rings. The van der Waals surface area contributed by atoms with Gasteiger partial charge >= 0.3 is 0 Å². The summed E-state index contributed by atoms with van der Waals surface area (Å²) >= 11 is 0. The fourth-order valence-corrected chi connectivity index (χ4v) is 7.23. The van der Waals surface area contributed by atoms with E-state index in [4.69, 9.17) is 4.42 Å². The third-order valence-electron chi connectivity index (χ3n) is 8.41. The van der Waals surface area contributed by atoms with Crippen LogP contribution in [0.25, 0.3) is 44.3 Å². The minimum atomic E-state index is -1.53. The molecule has 0 aliphatic rings. The van der Waals surface area contributed by atoms with Gasteiger partial charge in [-0.3, -0.25) is 9.78 Å². The van der Waals surface area contributed by atoms with E-state index in [0.717, 1.165) is 64.6 Å². The number of hydrogen-bond donors (Lipinski definition) is 1. The van der Waals surface area contributed by atoms with Crippen LogP contribution in [0.5, 0.6) is 0 Å². The predicted octanol–water partition coefficient (Wildman–Crippen LogP) is 10.5. The first kappa shape index (κ1) is 36.2. The Hall–Kier alpha value is -3.31. The molecule has 45 heavy (non-hydrogen) atoms. The number of allylic oxidation sites excluding steroid dienone is 2. The maximum absolute atomic E-state index is 11.7. The maximum atomic E-state index is 11.7. The van der Waals surface area contributed by atoms with Crippen molar-refractivity contribution in [3.63, 3.8) is 0 Å². The minimum absolute atomic E-state index is 0. The smallest absolute Gasteiger partial charge is 0.162 e. The van der Waals surface area contributed by atoms with Crippen LogP contribution in [-0.4, -0.2) is 23.9 Å². The van der Waals surface area contributed by atoms with Crippen LogP contribution in [0.15, 0.2) is 95.2 Å². The van der Waals surface area contributed by atoms with Crippen molar-refractivity contribution in [2.45, 2.75) is 73.0 Å². The van der Waals surface area contributed by atoms with E-state index in [9.17, 15) is 9.90 Å². The van der Waals surface area contributed by atoms with E-state index in [0.29, 0.717) is 0 Å². The first-order chi connectivity index (χ1) is 21.1. The zero-order valence-corrected chi connectivity index (χ0v) is 31.0. The Kier molecular flexibility index (Phi) is 13.1. The third kappa shape index (κ3) is 8.91. The summed E-state index contributed by atoms with van der Waals surface area (Å²) in [7, 11) is -1.53. The van der Waals surface area contributed by atoms with E-state index in [1.807, 2.05) is 58.2 Å². The number of nitrogens with zero attached hydrogens (tertiary/aromatic N) is 1. The molecule has 2 heterocycles. The van der Waals surface area contributed by atoms with Gasteiger partial charge in [0.25, 0.3) is 0 Å². The van der Waals surface area contributed by atoms with Crippen LogP contribution in [0.3, 0.4) is 0 Å². The Bertz CT molecular complexity index is 1710. The second kappa shape index (κ2) is 16.3. The second-order valence-electron chi connectivity index (χ2n) is 12.5. The Morgan fingerprint density at radius 2 is 1.53 bits per heavy atom. The number of ketones is 1. The summed E-state index contributed by atoms with van der Waals surface area (Å²) < 4.78 is 6.06. The minimum Gasteiger partial charge on any atom is -0.512 e. The molecule has 1 N–H and O–H groups in total. The molecule has 0 bridgehead atoms. The third-order valence-corrected chi connectivity index (χ3v) is 10.4. The summed E-state index contributed by atoms with van der Waals surface area (Å²) in [5.74, 6) is 1.41. The molecule has 0 amide bonds. The van der Waals surface area contributed by atoms with Crippen molar-refractivity contribution in [2.75, 3.05) is 0 Å². The fraction of sp³-hybridized carbons (Fsp3) is 0.333. The molecule has 1 radical (unpaired) electrons. The van der Waals surface area contributed by atoms with Gasteiger partial charge in [0.05, 0.1) is 13.8 Å². The molecule has 0 unspecified atom stereocenters. The number of aliphatic hydroxyl groups is 1. The molecule has 2 aromatic heterocycles. The van der Waals surface area contributed by atoms with Gasteiger partial charge < -0.3 is 9.52 Å². The molecular formula is C39H46IrNO3Si-. The Labute approximate surface area is 283 Å². The van der Waals surface area contributed by atoms with Crippen LogP contribution in [0.4, 0.5) is 0 Å². The van der Waals surface area contributed by atoms with Crippen LogP contribution in [0, 0.1) is 17.9 Å². The summed E-state index contributed by atoms with van der Waals surface area (Å²) in [5.41, 5.74) is 3.90. The van der Waals surface area contributed by atoms with E-state index in [1.165, 1.54) is 16.6 Å². The molecule has 0 aliphatic carbocycles. The quantitative estimate of drug-likeness (QED) is 0.0662. The normalized spacial score (nSPS) is 11.9. The maximum Gasteiger partial charge on any atom is 0.162 e. The van der Waals surface area contributed by atoms with Gasteiger partial charge in [-0.1, -0.05) is 101 Å². The number of hydrogen-bond acceptors (Lipinski definition) is 4. The molecule has 4 nitrogen and oxygen atoms in total. The van der Waals surface area contributed by atoms with E-state index in [2.05, 4.69) is 79.2 Å². The number of aromatic nitrogens is 1. The van der Waals surface area contributed by atoms with Crippen molar-refractivity contribution in [1.82, 2.24) is 4.98 Å². The molecular weight excluding hydrogens is 751 g/mol. The molecule has 0 fully saturated rings. The van der Waals surface area contributed by atoms with Crippen LogP contribution < -0.4 is 5.19 Å². The Morgan fingerprint density at radius 3 is 2.18 bits per heavy atom. The number of pyridine rings is 1. The molecule has 239 valence electrons. The molecule has 0 saturated heterocycles. The molecule has 6 heteroatoms. The molecule has 0 saturated carbocycles. The number of furan rings is 1. The largest absolute Gasteiger partial charge is 0.512 e. The molecule has 5 rings (SSSR count). The average Bonchev–Trinajstić information content (AvgIpc) is 3.46. The van der Waals surface area contributed by atoms with Crippen molar-refractivity contribution in [3.05, 3.63) is 96.9 Å². The number of benzene rings is 3. The van der Waals surface area contributed by atoms with Gasteiger partial charge in [-0.05, 0) is 43.9 Å². The predicted molar refractivity (Wildman–Crippen MR) is 188 cm³/mol. The van der Waals surface area contributed by atoms with Gasteiger partial charge in [0.15, 0.2) is 5.78 Å². The zero-order chi connectivity index (χ0) is 31.9. The summed E-state index contributed by atoms with van der Waals surface area (Å²) in [6.07, 6.45) is 6.76. The van der Waals surface area contributed by atoms with E-state index in [1.54, 1.807) is 0 Å². The first-order valence-corrected chi connectivity index (χ1v) is 19.4. The number of aliphatic hydroxyl groups excluding tert-OH is 1. The van der Waals surface area contributed by atoms with Gasteiger partial charge in [0.2, 0.25) is 0 Å². The van der Waals surface area contributed by atoms with Crippen molar-refractivity contribution in [1.29, 1.82) is 0 Å². The molecule has 0 atom stereocenters. The van der Waals surface area contributed by atoms with Crippen LogP contribution in [-0.2, 0) is 24.9 Å². The van der Waals surface area contributed by atoms with Gasteiger partial charge in [-0.25, -0.2) is 0 Å². The van der Waals surface area contributed by atoms with Crippen LogP contribution in [0.2, 0.25) is 19.6 Å². The monoisotopic (exact) mass is 797 g/mol. The van der Waals surface area contributed by atoms with Crippen molar-refractivity contribution in [3.8, 4) is 22.6 Å². The zero-order valence-electron chi connectivity index (χ0n) is 27.6. The molecule has 0 spiro atoms. The first-order valence-electron chi connectivity index (χ1n) is 15.9.